The smallest absolute Gasteiger partial charge is 0.326 e. The number of carbonyl (C=O) groups excluding carboxylic acids is 6. The largest absolute Gasteiger partial charge is 0.480 e. The van der Waals surface area contributed by atoms with Crippen molar-refractivity contribution in [3.05, 3.63) is 0 Å². The lowest BCUT2D eigenvalue weighted by atomic mass is 10.1. The van der Waals surface area contributed by atoms with Gasteiger partial charge in [0.05, 0.1) is 18.7 Å². The first-order valence-electron chi connectivity index (χ1n) is 17.5. The summed E-state index contributed by atoms with van der Waals surface area (Å²) in [6.07, 6.45) is 0.00386. The van der Waals surface area contributed by atoms with Gasteiger partial charge in [-0.2, -0.15) is 12.6 Å². The number of hydrogen-bond donors (Lipinski definition) is 13. The summed E-state index contributed by atoms with van der Waals surface area (Å²) >= 11 is 4.13. The number of nitrogens with zero attached hydrogens (tertiary/aromatic N) is 3. The fourth-order valence-corrected chi connectivity index (χ4v) is 5.57. The average Bonchev–Trinajstić information content (AvgIpc) is 3.59. The first-order valence-corrected chi connectivity index (χ1v) is 18.1. The first kappa shape index (κ1) is 47.1. The highest BCUT2D eigenvalue weighted by Gasteiger charge is 2.40. The lowest BCUT2D eigenvalue weighted by Crippen LogP contribution is -2.60. The molecular weight excluding hydrogens is 730 g/mol. The van der Waals surface area contributed by atoms with Crippen LogP contribution in [0, 0.1) is 5.92 Å². The van der Waals surface area contributed by atoms with Crippen molar-refractivity contribution >= 4 is 66.0 Å². The van der Waals surface area contributed by atoms with Gasteiger partial charge in [-0.15, -0.1) is 0 Å². The fraction of sp³-hybridized carbons (Fsp3) is 0.710. The number of aliphatic hydroxyl groups excluding tert-OH is 1. The number of likely N-dealkylation sites (tertiary alicyclic amines) is 1. The number of carbonyl (C=O) groups is 7. The van der Waals surface area contributed by atoms with E-state index in [1.165, 1.54) is 11.8 Å². The lowest BCUT2D eigenvalue weighted by Gasteiger charge is -2.31. The van der Waals surface area contributed by atoms with E-state index in [4.69, 9.17) is 28.7 Å². The summed E-state index contributed by atoms with van der Waals surface area (Å²) in [7, 11) is 0. The zero-order chi connectivity index (χ0) is 41.1. The molecule has 23 heteroatoms. The Labute approximate surface area is 319 Å². The zero-order valence-electron chi connectivity index (χ0n) is 30.8. The van der Waals surface area contributed by atoms with Gasteiger partial charge in [0.25, 0.3) is 0 Å². The highest BCUT2D eigenvalue weighted by atomic mass is 32.1. The Kier molecular flexibility index (Phi) is 20.7. The minimum Gasteiger partial charge on any atom is -0.480 e. The molecule has 0 bridgehead atoms. The molecule has 0 radical (unpaired) electrons. The van der Waals surface area contributed by atoms with Crippen molar-refractivity contribution in [3.8, 4) is 0 Å². The molecule has 0 spiro atoms. The van der Waals surface area contributed by atoms with Gasteiger partial charge in [0.15, 0.2) is 11.9 Å². The van der Waals surface area contributed by atoms with Gasteiger partial charge >= 0.3 is 5.97 Å². The number of thiol groups is 1. The van der Waals surface area contributed by atoms with Crippen LogP contribution in [0.15, 0.2) is 9.98 Å². The molecule has 0 aromatic carbocycles. The number of carboxylic acids is 1. The quantitative estimate of drug-likeness (QED) is 0.0199. The third-order valence-electron chi connectivity index (χ3n) is 8.26. The van der Waals surface area contributed by atoms with Gasteiger partial charge in [-0.25, -0.2) is 4.79 Å². The Morgan fingerprint density at radius 2 is 1.41 bits per heavy atom. The number of hydrogen-bond acceptors (Lipinski definition) is 12. The molecule has 1 rings (SSSR count). The van der Waals surface area contributed by atoms with Crippen LogP contribution in [0.5, 0.6) is 0 Å². The normalized spacial score (nSPS) is 17.1. The summed E-state index contributed by atoms with van der Waals surface area (Å²) in [5, 5.41) is 32.0. The maximum absolute atomic E-state index is 13.7. The topological polar surface area (TPSA) is 378 Å². The van der Waals surface area contributed by atoms with E-state index < -0.39 is 96.2 Å². The monoisotopic (exact) mass is 787 g/mol. The summed E-state index contributed by atoms with van der Waals surface area (Å²) in [4.78, 5) is 99.1. The molecular formula is C31H57N13O9S. The van der Waals surface area contributed by atoms with E-state index in [1.807, 2.05) is 0 Å². The Hall–Kier alpha value is -4.90. The van der Waals surface area contributed by atoms with E-state index in [9.17, 15) is 43.8 Å². The van der Waals surface area contributed by atoms with E-state index in [-0.39, 0.29) is 63.0 Å². The Balaban J connectivity index is 3.06. The maximum atomic E-state index is 13.7. The van der Waals surface area contributed by atoms with Crippen LogP contribution in [0.3, 0.4) is 0 Å². The molecule has 1 aliphatic rings. The van der Waals surface area contributed by atoms with Gasteiger partial charge in [-0.1, -0.05) is 13.8 Å². The molecule has 0 saturated carbocycles. The molecule has 6 amide bonds. The molecule has 1 aliphatic heterocycles. The number of amides is 6. The predicted octanol–water partition coefficient (Wildman–Crippen LogP) is -5.48. The summed E-state index contributed by atoms with van der Waals surface area (Å²) in [6.45, 7) is 4.36. The molecule has 0 aliphatic carbocycles. The van der Waals surface area contributed by atoms with Crippen molar-refractivity contribution in [2.45, 2.75) is 102 Å². The SMILES string of the molecule is CC(C)[C@H](NC(=O)CNC(=O)[C@H](CS)NC(=O)[C@H](CCCN=C(N)N)NC(=O)[C@@H]1CCCN1C(=O)[C@@H](NC(=O)[C@@H](N)CCCN=C(N)N)[C@@H](C)O)C(=O)O. The summed E-state index contributed by atoms with van der Waals surface area (Å²) < 4.78 is 0. The van der Waals surface area contributed by atoms with Crippen LogP contribution >= 0.6 is 12.6 Å². The zero-order valence-corrected chi connectivity index (χ0v) is 31.7. The molecule has 7 atom stereocenters. The van der Waals surface area contributed by atoms with Crippen LogP contribution in [0.2, 0.25) is 0 Å². The van der Waals surface area contributed by atoms with Crippen molar-refractivity contribution in [2.75, 3.05) is 31.9 Å². The van der Waals surface area contributed by atoms with E-state index in [2.05, 4.69) is 49.2 Å². The maximum Gasteiger partial charge on any atom is 0.326 e. The Morgan fingerprint density at radius 1 is 0.815 bits per heavy atom. The number of rotatable bonds is 23. The molecule has 22 nitrogen and oxygen atoms in total. The summed E-state index contributed by atoms with van der Waals surface area (Å²) in [6, 6.07) is -7.28. The van der Waals surface area contributed by atoms with Crippen molar-refractivity contribution in [2.24, 2.45) is 44.6 Å². The number of aliphatic imine (C=N–C) groups is 2. The molecule has 306 valence electrons. The molecule has 0 unspecified atom stereocenters. The molecule has 0 aromatic rings. The second kappa shape index (κ2) is 23.7. The number of nitrogens with one attached hydrogen (secondary N) is 5. The second-order valence-corrected chi connectivity index (χ2v) is 13.4. The van der Waals surface area contributed by atoms with Crippen molar-refractivity contribution in [3.63, 3.8) is 0 Å². The molecule has 17 N–H and O–H groups in total. The van der Waals surface area contributed by atoms with Crippen molar-refractivity contribution in [1.82, 2.24) is 31.5 Å². The van der Waals surface area contributed by atoms with E-state index in [0.717, 1.165) is 0 Å². The van der Waals surface area contributed by atoms with Crippen LogP contribution < -0.4 is 55.3 Å². The van der Waals surface area contributed by atoms with Crippen molar-refractivity contribution in [1.29, 1.82) is 0 Å². The van der Waals surface area contributed by atoms with Gasteiger partial charge < -0.3 is 70.4 Å². The standard InChI is InChI=1S/C31H57N13O9S/c1-15(2)22(29(52)53)42-21(46)13-39-25(48)19(14-54)41-26(49)18(8-5-11-38-31(35)36)40-27(50)20-9-6-12-44(20)28(51)23(16(3)45)43-24(47)17(32)7-4-10-37-30(33)34/h15-20,22-23,45,54H,4-14,32H2,1-3H3,(H,39,48)(H,40,50)(H,41,49)(H,42,46)(H,43,47)(H,52,53)(H4,33,34,37)(H4,35,36,38)/t16-,17+,18+,19+,20+,22+,23+/m1/s1. The van der Waals surface area contributed by atoms with Crippen LogP contribution in [0.1, 0.15) is 59.3 Å². The molecule has 1 saturated heterocycles. The second-order valence-electron chi connectivity index (χ2n) is 13.1. The van der Waals surface area contributed by atoms with Gasteiger partial charge in [0.1, 0.15) is 30.2 Å². The molecule has 1 fully saturated rings. The fourth-order valence-electron chi connectivity index (χ4n) is 5.32. The van der Waals surface area contributed by atoms with Gasteiger partial charge in [0, 0.05) is 25.4 Å². The number of guanidine groups is 2. The minimum absolute atomic E-state index is 0.00244. The van der Waals surface area contributed by atoms with Crippen LogP contribution in [0.4, 0.5) is 0 Å². The van der Waals surface area contributed by atoms with Crippen LogP contribution in [-0.2, 0) is 33.6 Å². The van der Waals surface area contributed by atoms with E-state index >= 15 is 0 Å². The number of carboxylic acid groups (broad SMARTS) is 1. The van der Waals surface area contributed by atoms with Gasteiger partial charge in [0.2, 0.25) is 35.4 Å². The number of aliphatic hydroxyl groups is 1. The average molecular weight is 788 g/mol. The minimum atomic E-state index is -1.44. The van der Waals surface area contributed by atoms with Gasteiger partial charge in [-0.05, 0) is 51.4 Å². The number of nitrogens with two attached hydrogens (primary N) is 5. The summed E-state index contributed by atoms with van der Waals surface area (Å²) in [5.41, 5.74) is 27.4. The highest BCUT2D eigenvalue weighted by Crippen LogP contribution is 2.20. The predicted molar refractivity (Wildman–Crippen MR) is 201 cm³/mol. The Morgan fingerprint density at radius 3 is 1.93 bits per heavy atom. The van der Waals surface area contributed by atoms with Gasteiger partial charge in [-0.3, -0.25) is 38.8 Å². The third-order valence-corrected chi connectivity index (χ3v) is 8.62. The molecule has 54 heavy (non-hydrogen) atoms. The highest BCUT2D eigenvalue weighted by molar-refractivity contribution is 7.80. The van der Waals surface area contributed by atoms with E-state index in [1.54, 1.807) is 13.8 Å². The lowest BCUT2D eigenvalue weighted by molar-refractivity contribution is -0.144. The molecule has 0 aromatic heterocycles. The Bertz CT molecular complexity index is 1370. The van der Waals surface area contributed by atoms with Crippen LogP contribution in [-0.4, -0.2) is 143 Å². The molecule has 1 heterocycles. The van der Waals surface area contributed by atoms with E-state index in [0.29, 0.717) is 12.8 Å². The van der Waals surface area contributed by atoms with Crippen LogP contribution in [0.25, 0.3) is 0 Å². The third kappa shape index (κ3) is 16.4. The number of aliphatic carboxylic acids is 1. The first-order chi connectivity index (χ1) is 25.3. The van der Waals surface area contributed by atoms with Crippen molar-refractivity contribution < 1.29 is 43.8 Å². The summed E-state index contributed by atoms with van der Waals surface area (Å²) in [5.74, 6) is -6.71.